The number of rotatable bonds is 15. The van der Waals surface area contributed by atoms with E-state index in [-0.39, 0.29) is 18.3 Å². The molecule has 0 aliphatic rings. The van der Waals surface area contributed by atoms with Crippen LogP contribution in [0.3, 0.4) is 0 Å². The Morgan fingerprint density at radius 2 is 1.38 bits per heavy atom. The van der Waals surface area contributed by atoms with Crippen molar-refractivity contribution in [2.24, 2.45) is 5.41 Å². The van der Waals surface area contributed by atoms with Gasteiger partial charge in [0.1, 0.15) is 6.04 Å². The van der Waals surface area contributed by atoms with E-state index in [0.29, 0.717) is 6.54 Å². The monoisotopic (exact) mass is 570 g/mol. The predicted octanol–water partition coefficient (Wildman–Crippen LogP) is 0.508. The first-order valence-corrected chi connectivity index (χ1v) is 12.2. The van der Waals surface area contributed by atoms with Crippen molar-refractivity contribution in [3.8, 4) is 0 Å². The Bertz CT molecular complexity index is 1000. The summed E-state index contributed by atoms with van der Waals surface area (Å²) in [5.74, 6) is -7.21. The molecule has 0 bridgehead atoms. The highest BCUT2D eigenvalue weighted by atomic mass is 16.5. The SMILES string of the molecule is COC(=O)[C@H](Cc1ccccc1)NC(=O)[C@H](CC(=O)O)NCCC(C)(C)C.O=C(O)CC(O)(CC(=O)O)C(=O)O. The second-order valence-electron chi connectivity index (χ2n) is 10.2. The number of esters is 1. The first kappa shape index (κ1) is 36.0. The summed E-state index contributed by atoms with van der Waals surface area (Å²) in [7, 11) is 1.25. The highest BCUT2D eigenvalue weighted by molar-refractivity contribution is 5.90. The standard InChI is InChI=1S/C20H30N2O5.C6H8O7/c1-20(2,3)10-11-21-15(13-17(23)24)18(25)22-16(19(26)27-4)12-14-8-6-5-7-9-14;7-3(8)1-6(13,5(11)12)2-4(9)10/h5-9,15-16,21H,10-13H2,1-4H3,(H,22,25)(H,23,24);13H,1-2H2,(H,7,8)(H,9,10)(H,11,12)/t15-,16-;/m0./s1. The van der Waals surface area contributed by atoms with Gasteiger partial charge in [-0.15, -0.1) is 0 Å². The summed E-state index contributed by atoms with van der Waals surface area (Å²) < 4.78 is 4.78. The van der Waals surface area contributed by atoms with Gasteiger partial charge in [-0.05, 0) is 23.9 Å². The fourth-order valence-corrected chi connectivity index (χ4v) is 3.23. The Kier molecular flexibility index (Phi) is 15.1. The van der Waals surface area contributed by atoms with Crippen LogP contribution in [-0.4, -0.2) is 92.6 Å². The van der Waals surface area contributed by atoms with E-state index in [0.717, 1.165) is 12.0 Å². The van der Waals surface area contributed by atoms with Gasteiger partial charge in [0.25, 0.3) is 0 Å². The number of carbonyl (C=O) groups is 6. The van der Waals surface area contributed by atoms with Crippen LogP contribution in [0.2, 0.25) is 0 Å². The van der Waals surface area contributed by atoms with Crippen LogP contribution in [-0.2, 0) is 39.9 Å². The van der Waals surface area contributed by atoms with Crippen molar-refractivity contribution >= 4 is 35.8 Å². The smallest absolute Gasteiger partial charge is 0.336 e. The van der Waals surface area contributed by atoms with Gasteiger partial charge < -0.3 is 40.9 Å². The summed E-state index contributed by atoms with van der Waals surface area (Å²) in [6, 6.07) is 7.42. The average molecular weight is 571 g/mol. The molecule has 0 radical (unpaired) electrons. The second kappa shape index (κ2) is 16.8. The first-order chi connectivity index (χ1) is 18.4. The lowest BCUT2D eigenvalue weighted by atomic mass is 9.92. The quantitative estimate of drug-likeness (QED) is 0.142. The first-order valence-electron chi connectivity index (χ1n) is 12.2. The molecule has 0 heterocycles. The van der Waals surface area contributed by atoms with Crippen molar-refractivity contribution in [2.45, 2.75) is 70.6 Å². The van der Waals surface area contributed by atoms with Gasteiger partial charge in [-0.1, -0.05) is 51.1 Å². The van der Waals surface area contributed by atoms with E-state index in [1.165, 1.54) is 7.11 Å². The van der Waals surface area contributed by atoms with Crippen LogP contribution in [0.15, 0.2) is 30.3 Å². The molecule has 1 rings (SSSR count). The molecule has 0 aliphatic heterocycles. The van der Waals surface area contributed by atoms with Crippen LogP contribution < -0.4 is 10.6 Å². The van der Waals surface area contributed by atoms with Crippen LogP contribution in [0.4, 0.5) is 0 Å². The van der Waals surface area contributed by atoms with Crippen molar-refractivity contribution in [3.05, 3.63) is 35.9 Å². The molecule has 14 heteroatoms. The van der Waals surface area contributed by atoms with Crippen LogP contribution in [0, 0.1) is 5.41 Å². The number of benzene rings is 1. The Morgan fingerprint density at radius 1 is 0.850 bits per heavy atom. The topological polar surface area (TPSA) is 237 Å². The summed E-state index contributed by atoms with van der Waals surface area (Å²) >= 11 is 0. The van der Waals surface area contributed by atoms with Crippen molar-refractivity contribution in [1.29, 1.82) is 0 Å². The highest BCUT2D eigenvalue weighted by Crippen LogP contribution is 2.17. The molecular formula is C26H38N2O12. The maximum atomic E-state index is 12.6. The van der Waals surface area contributed by atoms with Crippen LogP contribution in [0.5, 0.6) is 0 Å². The number of ether oxygens (including phenoxy) is 1. The predicted molar refractivity (Wildman–Crippen MR) is 139 cm³/mol. The molecule has 1 aromatic rings. The molecular weight excluding hydrogens is 532 g/mol. The molecule has 7 N–H and O–H groups in total. The second-order valence-corrected chi connectivity index (χ2v) is 10.2. The van der Waals surface area contributed by atoms with Gasteiger partial charge in [0.05, 0.1) is 32.4 Å². The van der Waals surface area contributed by atoms with Crippen LogP contribution in [0.25, 0.3) is 0 Å². The molecule has 0 saturated carbocycles. The fraction of sp³-hybridized carbons (Fsp3) is 0.538. The molecule has 1 aromatic carbocycles. The summed E-state index contributed by atoms with van der Waals surface area (Å²) in [5.41, 5.74) is -1.82. The lowest BCUT2D eigenvalue weighted by molar-refractivity contribution is -0.170. The van der Waals surface area contributed by atoms with E-state index in [4.69, 9.17) is 30.3 Å². The Labute approximate surface area is 231 Å². The summed E-state index contributed by atoms with van der Waals surface area (Å²) in [6.45, 7) is 6.69. The molecule has 0 fully saturated rings. The average Bonchev–Trinajstić information content (AvgIpc) is 2.81. The molecule has 0 saturated heterocycles. The minimum absolute atomic E-state index is 0.0547. The number of hydrogen-bond acceptors (Lipinski definition) is 9. The van der Waals surface area contributed by atoms with Gasteiger partial charge in [-0.25, -0.2) is 9.59 Å². The summed E-state index contributed by atoms with van der Waals surface area (Å²) in [6.07, 6.45) is -1.61. The molecule has 0 unspecified atom stereocenters. The Hall–Kier alpha value is -4.04. The normalized spacial score (nSPS) is 12.6. The van der Waals surface area contributed by atoms with E-state index < -0.39 is 66.3 Å². The fourth-order valence-electron chi connectivity index (χ4n) is 3.23. The minimum Gasteiger partial charge on any atom is -0.481 e. The number of aliphatic hydroxyl groups is 1. The zero-order valence-corrected chi connectivity index (χ0v) is 22.9. The summed E-state index contributed by atoms with van der Waals surface area (Å²) in [5, 5.41) is 48.5. The lowest BCUT2D eigenvalue weighted by Gasteiger charge is -2.23. The molecule has 0 aromatic heterocycles. The number of aliphatic carboxylic acids is 4. The van der Waals surface area contributed by atoms with Crippen molar-refractivity contribution in [3.63, 3.8) is 0 Å². The maximum Gasteiger partial charge on any atom is 0.336 e. The number of methoxy groups -OCH3 is 1. The number of amides is 1. The zero-order valence-electron chi connectivity index (χ0n) is 22.9. The third kappa shape index (κ3) is 15.4. The molecule has 0 aliphatic carbocycles. The van der Waals surface area contributed by atoms with Crippen LogP contribution in [0.1, 0.15) is 52.0 Å². The third-order valence-corrected chi connectivity index (χ3v) is 5.33. The molecule has 2 atom stereocenters. The minimum atomic E-state index is -2.74. The Balaban J connectivity index is 0.000000983. The van der Waals surface area contributed by atoms with Gasteiger partial charge in [0.2, 0.25) is 5.91 Å². The van der Waals surface area contributed by atoms with Gasteiger partial charge >= 0.3 is 29.8 Å². The number of carboxylic acids is 4. The van der Waals surface area contributed by atoms with E-state index in [9.17, 15) is 28.8 Å². The van der Waals surface area contributed by atoms with Gasteiger partial charge in [-0.2, -0.15) is 0 Å². The molecule has 1 amide bonds. The van der Waals surface area contributed by atoms with Gasteiger partial charge in [0, 0.05) is 6.42 Å². The third-order valence-electron chi connectivity index (χ3n) is 5.33. The van der Waals surface area contributed by atoms with Gasteiger partial charge in [0.15, 0.2) is 5.60 Å². The number of nitrogens with one attached hydrogen (secondary N) is 2. The van der Waals surface area contributed by atoms with Crippen molar-refractivity contribution in [1.82, 2.24) is 10.6 Å². The Morgan fingerprint density at radius 3 is 1.77 bits per heavy atom. The zero-order chi connectivity index (χ0) is 31.1. The molecule has 40 heavy (non-hydrogen) atoms. The largest absolute Gasteiger partial charge is 0.481 e. The lowest BCUT2D eigenvalue weighted by Crippen LogP contribution is -2.52. The molecule has 0 spiro atoms. The van der Waals surface area contributed by atoms with Crippen molar-refractivity contribution in [2.75, 3.05) is 13.7 Å². The number of carbonyl (C=O) groups excluding carboxylic acids is 2. The maximum absolute atomic E-state index is 12.6. The van der Waals surface area contributed by atoms with Crippen molar-refractivity contribution < 1.29 is 59.0 Å². The number of hydrogen-bond donors (Lipinski definition) is 7. The van der Waals surface area contributed by atoms with E-state index in [1.54, 1.807) is 0 Å². The van der Waals surface area contributed by atoms with E-state index in [1.807, 2.05) is 30.3 Å². The molecule has 224 valence electrons. The molecule has 14 nitrogen and oxygen atoms in total. The van der Waals surface area contributed by atoms with Crippen LogP contribution >= 0.6 is 0 Å². The van der Waals surface area contributed by atoms with Gasteiger partial charge in [-0.3, -0.25) is 19.2 Å². The highest BCUT2D eigenvalue weighted by Gasteiger charge is 2.40. The number of carboxylic acid groups (broad SMARTS) is 4. The summed E-state index contributed by atoms with van der Waals surface area (Å²) in [4.78, 5) is 66.3. The van der Waals surface area contributed by atoms with E-state index in [2.05, 4.69) is 31.4 Å². The van der Waals surface area contributed by atoms with E-state index >= 15 is 0 Å².